The van der Waals surface area contributed by atoms with E-state index < -0.39 is 21.7 Å². The van der Waals surface area contributed by atoms with Crippen LogP contribution in [-0.4, -0.2) is 43.0 Å². The van der Waals surface area contributed by atoms with Crippen LogP contribution in [0.25, 0.3) is 11.1 Å². The minimum Gasteiger partial charge on any atom is -0.462 e. The molecule has 0 radical (unpaired) electrons. The number of anilines is 1. The monoisotopic (exact) mass is 459 g/mol. The molecule has 2 aromatic carbocycles. The third-order valence-corrected chi connectivity index (χ3v) is 7.35. The summed E-state index contributed by atoms with van der Waals surface area (Å²) < 4.78 is 39.3. The minimum atomic E-state index is -3.43. The molecule has 0 saturated heterocycles. The molecule has 160 valence electrons. The molecule has 0 saturated carbocycles. The number of rotatable bonds is 5. The summed E-state index contributed by atoms with van der Waals surface area (Å²) in [6.45, 7) is 0.853. The number of aryl methyl sites for hydroxylation is 1. The van der Waals surface area contributed by atoms with Gasteiger partial charge in [-0.2, -0.15) is 0 Å². The number of amidine groups is 1. The van der Waals surface area contributed by atoms with E-state index in [1.165, 1.54) is 16.3 Å². The Bertz CT molecular complexity index is 1390. The number of hydrogen-bond donors (Lipinski definition) is 0. The van der Waals surface area contributed by atoms with Crippen LogP contribution in [0, 0.1) is 0 Å². The molecule has 0 unspecified atom stereocenters. The van der Waals surface area contributed by atoms with Crippen molar-refractivity contribution in [2.75, 3.05) is 23.8 Å². The number of benzene rings is 2. The zero-order valence-electron chi connectivity index (χ0n) is 16.2. The zero-order valence-corrected chi connectivity index (χ0v) is 17.8. The van der Waals surface area contributed by atoms with E-state index in [4.69, 9.17) is 9.15 Å². The summed E-state index contributed by atoms with van der Waals surface area (Å²) in [7, 11) is -3.43. The largest absolute Gasteiger partial charge is 0.462 e. The normalized spacial score (nSPS) is 16.6. The van der Waals surface area contributed by atoms with Gasteiger partial charge < -0.3 is 14.1 Å². The Labute approximate surface area is 181 Å². The second-order valence-corrected chi connectivity index (χ2v) is 9.84. The van der Waals surface area contributed by atoms with Crippen molar-refractivity contribution < 1.29 is 22.4 Å². The number of carbonyl (C=O) groups excluding carboxylic acids is 1. The first-order chi connectivity index (χ1) is 14.9. The first kappa shape index (κ1) is 19.9. The fourth-order valence-electron chi connectivity index (χ4n) is 3.55. The summed E-state index contributed by atoms with van der Waals surface area (Å²) in [5.41, 5.74) is 2.44. The van der Waals surface area contributed by atoms with Gasteiger partial charge in [-0.3, -0.25) is 4.57 Å². The van der Waals surface area contributed by atoms with E-state index >= 15 is 0 Å². The summed E-state index contributed by atoms with van der Waals surface area (Å²) in [5, 5.41) is 0.407. The van der Waals surface area contributed by atoms with Crippen LogP contribution in [0.1, 0.15) is 16.8 Å². The van der Waals surface area contributed by atoms with Crippen molar-refractivity contribution in [3.8, 4) is 0 Å². The smallest absolute Gasteiger partial charge is 0.419 e. The van der Waals surface area contributed by atoms with Crippen molar-refractivity contribution in [1.82, 2.24) is 4.57 Å². The quantitative estimate of drug-likeness (QED) is 0.423. The van der Waals surface area contributed by atoms with Crippen LogP contribution in [0.3, 0.4) is 0 Å². The molecule has 2 aliphatic heterocycles. The van der Waals surface area contributed by atoms with Crippen LogP contribution < -0.4 is 10.7 Å². The van der Waals surface area contributed by atoms with Gasteiger partial charge in [0.05, 0.1) is 29.1 Å². The van der Waals surface area contributed by atoms with Crippen LogP contribution >= 0.6 is 11.8 Å². The number of esters is 1. The number of ether oxygens (including phenoxy) is 1. The Kier molecular flexibility index (Phi) is 4.86. The molecular formula is C20H17N3O6S2. The maximum absolute atomic E-state index is 12.4. The van der Waals surface area contributed by atoms with E-state index in [0.29, 0.717) is 41.3 Å². The van der Waals surface area contributed by atoms with Gasteiger partial charge in [0.15, 0.2) is 10.8 Å². The number of carbonyl (C=O) groups is 1. The molecule has 2 aliphatic rings. The fraction of sp³-hybridized carbons (Fsp3) is 0.250. The number of aromatic nitrogens is 1. The van der Waals surface area contributed by atoms with Crippen molar-refractivity contribution in [3.05, 3.63) is 58.6 Å². The topological polar surface area (TPSA) is 111 Å². The van der Waals surface area contributed by atoms with Crippen molar-refractivity contribution in [2.24, 2.45) is 4.40 Å². The molecule has 31 heavy (non-hydrogen) atoms. The summed E-state index contributed by atoms with van der Waals surface area (Å²) in [6.07, 6.45) is 0.456. The number of hydrogen-bond acceptors (Lipinski definition) is 8. The third-order valence-electron chi connectivity index (χ3n) is 5.04. The first-order valence-electron chi connectivity index (χ1n) is 9.59. The number of sulfonamides is 1. The Hall–Kier alpha value is -3.05. The lowest BCUT2D eigenvalue weighted by molar-refractivity contribution is 0.0495. The van der Waals surface area contributed by atoms with Gasteiger partial charge in [-0.15, -0.1) is 4.40 Å². The average molecular weight is 460 g/mol. The molecule has 0 amide bonds. The second kappa shape index (κ2) is 7.57. The number of nitrogens with zero attached hydrogens (tertiary/aromatic N) is 3. The van der Waals surface area contributed by atoms with Crippen LogP contribution in [-0.2, 0) is 21.3 Å². The molecule has 0 bridgehead atoms. The van der Waals surface area contributed by atoms with Crippen LogP contribution in [0.2, 0.25) is 0 Å². The number of para-hydroxylation sites is 2. The maximum Gasteiger partial charge on any atom is 0.419 e. The molecular weight excluding hydrogens is 442 g/mol. The Morgan fingerprint density at radius 1 is 1.23 bits per heavy atom. The Morgan fingerprint density at radius 2 is 2.06 bits per heavy atom. The number of fused-ring (bicyclic) bond motifs is 4. The molecule has 0 fully saturated rings. The predicted octanol–water partition coefficient (Wildman–Crippen LogP) is 2.45. The molecule has 0 aliphatic carbocycles. The molecule has 9 nitrogen and oxygen atoms in total. The van der Waals surface area contributed by atoms with E-state index in [2.05, 4.69) is 4.40 Å². The van der Waals surface area contributed by atoms with Crippen LogP contribution in [0.5, 0.6) is 0 Å². The van der Waals surface area contributed by atoms with Gasteiger partial charge in [0.25, 0.3) is 10.0 Å². The highest BCUT2D eigenvalue weighted by Gasteiger charge is 2.33. The van der Waals surface area contributed by atoms with Crippen molar-refractivity contribution in [2.45, 2.75) is 17.9 Å². The summed E-state index contributed by atoms with van der Waals surface area (Å²) in [6, 6.07) is 12.3. The van der Waals surface area contributed by atoms with E-state index in [9.17, 15) is 18.0 Å². The zero-order chi connectivity index (χ0) is 21.6. The van der Waals surface area contributed by atoms with Gasteiger partial charge in [0, 0.05) is 18.0 Å². The van der Waals surface area contributed by atoms with Crippen molar-refractivity contribution >= 4 is 49.7 Å². The molecule has 3 heterocycles. The standard InChI is InChI=1S/C20H17N3O6S2/c24-18(28-10-3-8-23-14-4-1-2-5-16(14)29-20(23)25)13-6-7-15-17(12-13)30-19-21-31(26,27)11-9-22(15)19/h1-2,4-7,12H,3,8-11H2. The molecule has 0 spiro atoms. The number of thioether (sulfide) groups is 1. The molecule has 1 aromatic heterocycles. The average Bonchev–Trinajstić information content (AvgIpc) is 3.25. The highest BCUT2D eigenvalue weighted by Crippen LogP contribution is 2.42. The van der Waals surface area contributed by atoms with E-state index in [0.717, 1.165) is 10.6 Å². The lowest BCUT2D eigenvalue weighted by Gasteiger charge is -2.22. The predicted molar refractivity (Wildman–Crippen MR) is 116 cm³/mol. The summed E-state index contributed by atoms with van der Waals surface area (Å²) in [4.78, 5) is 27.0. The number of oxazole rings is 1. The Balaban J connectivity index is 1.22. The molecule has 3 aromatic rings. The second-order valence-electron chi connectivity index (χ2n) is 7.07. The van der Waals surface area contributed by atoms with Crippen LogP contribution in [0.15, 0.2) is 61.0 Å². The van der Waals surface area contributed by atoms with Gasteiger partial charge >= 0.3 is 11.7 Å². The lowest BCUT2D eigenvalue weighted by atomic mass is 10.2. The summed E-state index contributed by atoms with van der Waals surface area (Å²) >= 11 is 1.22. The molecule has 0 atom stereocenters. The minimum absolute atomic E-state index is 0.0324. The van der Waals surface area contributed by atoms with Gasteiger partial charge in [-0.1, -0.05) is 12.1 Å². The van der Waals surface area contributed by atoms with E-state index in [-0.39, 0.29) is 12.4 Å². The highest BCUT2D eigenvalue weighted by atomic mass is 32.2. The van der Waals surface area contributed by atoms with Gasteiger partial charge in [0.1, 0.15) is 0 Å². The third kappa shape index (κ3) is 3.74. The van der Waals surface area contributed by atoms with E-state index in [1.807, 2.05) is 11.0 Å². The SMILES string of the molecule is O=C(OCCCn1c(=O)oc2ccccc21)c1ccc2c(c1)SC1=NS(=O)(=O)CCN12. The molecule has 11 heteroatoms. The van der Waals surface area contributed by atoms with E-state index in [1.54, 1.807) is 36.4 Å². The maximum atomic E-state index is 12.4. The molecule has 0 N–H and O–H groups in total. The molecule has 5 rings (SSSR count). The van der Waals surface area contributed by atoms with Gasteiger partial charge in [-0.25, -0.2) is 18.0 Å². The summed E-state index contributed by atoms with van der Waals surface area (Å²) in [5.74, 6) is -0.952. The van der Waals surface area contributed by atoms with Crippen molar-refractivity contribution in [1.29, 1.82) is 0 Å². The first-order valence-corrected chi connectivity index (χ1v) is 12.0. The Morgan fingerprint density at radius 3 is 2.94 bits per heavy atom. The van der Waals surface area contributed by atoms with Crippen LogP contribution in [0.4, 0.5) is 5.69 Å². The van der Waals surface area contributed by atoms with Gasteiger partial charge in [-0.05, 0) is 48.5 Å². The fourth-order valence-corrected chi connectivity index (χ4v) is 5.85. The van der Waals surface area contributed by atoms with Gasteiger partial charge in [0.2, 0.25) is 0 Å². The lowest BCUT2D eigenvalue weighted by Crippen LogP contribution is -2.35. The highest BCUT2D eigenvalue weighted by molar-refractivity contribution is 8.15. The van der Waals surface area contributed by atoms with Crippen molar-refractivity contribution in [3.63, 3.8) is 0 Å².